The van der Waals surface area contributed by atoms with Crippen molar-refractivity contribution in [3.05, 3.63) is 72.4 Å². The molecular weight excluding hydrogens is 503 g/mol. The summed E-state index contributed by atoms with van der Waals surface area (Å²) in [5, 5.41) is 12.2. The molecule has 5 heterocycles. The number of amides is 1. The van der Waals surface area contributed by atoms with E-state index in [2.05, 4.69) is 25.6 Å². The number of carbonyl (C=O) groups excluding carboxylic acids is 1. The molecule has 11 heteroatoms. The van der Waals surface area contributed by atoms with Crippen LogP contribution in [0.1, 0.15) is 23.2 Å². The van der Waals surface area contributed by atoms with E-state index in [1.165, 1.54) is 12.1 Å². The number of hydrogen-bond acceptors (Lipinski definition) is 8. The number of anilines is 2. The molecular formula is C27H25FN8OS. The number of nitrogens with one attached hydrogen (secondary N) is 1. The minimum atomic E-state index is -0.614. The second kappa shape index (κ2) is 9.92. The zero-order valence-electron chi connectivity index (χ0n) is 20.6. The number of aromatic nitrogens is 5. The average molecular weight is 529 g/mol. The van der Waals surface area contributed by atoms with Gasteiger partial charge in [0, 0.05) is 46.5 Å². The van der Waals surface area contributed by atoms with Crippen LogP contribution in [-0.2, 0) is 7.05 Å². The van der Waals surface area contributed by atoms with Crippen molar-refractivity contribution in [1.82, 2.24) is 30.3 Å². The predicted octanol–water partition coefficient (Wildman–Crippen LogP) is 4.27. The van der Waals surface area contributed by atoms with Gasteiger partial charge in [-0.2, -0.15) is 0 Å². The molecule has 0 radical (unpaired) electrons. The van der Waals surface area contributed by atoms with Crippen molar-refractivity contribution >= 4 is 39.0 Å². The Hall–Kier alpha value is -4.22. The molecule has 38 heavy (non-hydrogen) atoms. The van der Waals surface area contributed by atoms with Gasteiger partial charge in [-0.05, 0) is 61.3 Å². The molecule has 3 N–H and O–H groups in total. The lowest BCUT2D eigenvalue weighted by Crippen LogP contribution is -2.49. The van der Waals surface area contributed by atoms with Crippen LogP contribution in [0.2, 0.25) is 0 Å². The number of rotatable bonds is 5. The molecule has 5 aromatic rings. The van der Waals surface area contributed by atoms with Crippen molar-refractivity contribution in [1.29, 1.82) is 0 Å². The Morgan fingerprint density at radius 2 is 2.03 bits per heavy atom. The molecule has 1 atom stereocenters. The van der Waals surface area contributed by atoms with E-state index in [0.717, 1.165) is 39.9 Å². The van der Waals surface area contributed by atoms with Gasteiger partial charge in [0.1, 0.15) is 23.1 Å². The fourth-order valence-corrected chi connectivity index (χ4v) is 5.88. The molecule has 1 aliphatic heterocycles. The number of nitrogens with zero attached hydrogens (tertiary/aromatic N) is 6. The van der Waals surface area contributed by atoms with E-state index in [1.54, 1.807) is 52.6 Å². The summed E-state index contributed by atoms with van der Waals surface area (Å²) < 4.78 is 18.0. The Kier molecular flexibility index (Phi) is 6.30. The van der Waals surface area contributed by atoms with Gasteiger partial charge in [-0.25, -0.2) is 14.4 Å². The third kappa shape index (κ3) is 4.50. The zero-order valence-corrected chi connectivity index (χ0v) is 21.5. The molecule has 0 saturated carbocycles. The Morgan fingerprint density at radius 1 is 1.16 bits per heavy atom. The van der Waals surface area contributed by atoms with Crippen molar-refractivity contribution in [3.8, 4) is 21.7 Å². The lowest BCUT2D eigenvalue weighted by Gasteiger charge is -2.34. The maximum Gasteiger partial charge on any atom is 0.262 e. The van der Waals surface area contributed by atoms with E-state index in [-0.39, 0.29) is 11.6 Å². The molecule has 1 aromatic carbocycles. The van der Waals surface area contributed by atoms with E-state index < -0.39 is 11.7 Å². The van der Waals surface area contributed by atoms with Gasteiger partial charge < -0.3 is 11.1 Å². The largest absolute Gasteiger partial charge is 0.384 e. The van der Waals surface area contributed by atoms with Crippen LogP contribution in [0, 0.1) is 5.82 Å². The highest BCUT2D eigenvalue weighted by molar-refractivity contribution is 7.22. The summed E-state index contributed by atoms with van der Waals surface area (Å²) in [5.41, 5.74) is 7.92. The molecule has 1 aliphatic rings. The molecule has 0 bridgehead atoms. The van der Waals surface area contributed by atoms with Crippen LogP contribution < -0.4 is 16.0 Å². The van der Waals surface area contributed by atoms with Gasteiger partial charge in [-0.15, -0.1) is 16.4 Å². The fourth-order valence-electron chi connectivity index (χ4n) is 4.83. The molecule has 1 unspecified atom stereocenters. The van der Waals surface area contributed by atoms with Crippen molar-refractivity contribution < 1.29 is 9.18 Å². The van der Waals surface area contributed by atoms with Crippen LogP contribution in [0.5, 0.6) is 0 Å². The summed E-state index contributed by atoms with van der Waals surface area (Å²) in [6.07, 6.45) is 6.76. The number of carbonyl (C=O) groups is 1. The lowest BCUT2D eigenvalue weighted by molar-refractivity contribution is 0.0968. The van der Waals surface area contributed by atoms with Crippen LogP contribution >= 0.6 is 11.3 Å². The number of nitrogens with two attached hydrogens (primary N) is 1. The van der Waals surface area contributed by atoms with Gasteiger partial charge in [-0.3, -0.25) is 14.4 Å². The van der Waals surface area contributed by atoms with Gasteiger partial charge >= 0.3 is 0 Å². The first-order valence-corrected chi connectivity index (χ1v) is 13.1. The summed E-state index contributed by atoms with van der Waals surface area (Å²) in [6.45, 7) is 1.48. The average Bonchev–Trinajstić information content (AvgIpc) is 3.56. The number of hydrogen-bond donors (Lipinski definition) is 2. The summed E-state index contributed by atoms with van der Waals surface area (Å²) in [6, 6.07) is 12.0. The van der Waals surface area contributed by atoms with Crippen molar-refractivity contribution in [2.24, 2.45) is 7.05 Å². The Bertz CT molecular complexity index is 1640. The van der Waals surface area contributed by atoms with Gasteiger partial charge in [0.25, 0.3) is 5.91 Å². The highest BCUT2D eigenvalue weighted by Crippen LogP contribution is 2.39. The molecule has 1 fully saturated rings. The third-order valence-corrected chi connectivity index (χ3v) is 7.82. The summed E-state index contributed by atoms with van der Waals surface area (Å²) in [5.74, 6) is -0.0907. The van der Waals surface area contributed by atoms with Crippen LogP contribution in [0.15, 0.2) is 61.1 Å². The molecule has 0 aliphatic carbocycles. The second-order valence-electron chi connectivity index (χ2n) is 9.27. The number of benzene rings is 1. The lowest BCUT2D eigenvalue weighted by atomic mass is 10.0. The summed E-state index contributed by atoms with van der Waals surface area (Å²) >= 11 is 1.58. The van der Waals surface area contributed by atoms with Gasteiger partial charge in [-0.1, -0.05) is 11.3 Å². The Balaban J connectivity index is 1.43. The SMILES string of the molecule is Cn1cc(-c2ccc(C(=O)N(c3nccc4sc(-c5ccnc(N)c5)cc34)C3CCCNC3)c(F)c2)nn1. The van der Waals surface area contributed by atoms with Crippen LogP contribution in [0.3, 0.4) is 0 Å². The second-order valence-corrected chi connectivity index (χ2v) is 10.4. The smallest absolute Gasteiger partial charge is 0.262 e. The maximum atomic E-state index is 15.5. The molecule has 1 saturated heterocycles. The van der Waals surface area contributed by atoms with Crippen LogP contribution in [0.4, 0.5) is 16.0 Å². The van der Waals surface area contributed by atoms with Gasteiger partial charge in [0.15, 0.2) is 0 Å². The summed E-state index contributed by atoms with van der Waals surface area (Å²) in [7, 11) is 1.74. The fraction of sp³-hybridized carbons (Fsp3) is 0.222. The molecule has 4 aromatic heterocycles. The monoisotopic (exact) mass is 528 g/mol. The summed E-state index contributed by atoms with van der Waals surface area (Å²) in [4.78, 5) is 25.4. The normalized spacial score (nSPS) is 15.6. The van der Waals surface area contributed by atoms with E-state index in [9.17, 15) is 4.79 Å². The number of halogens is 1. The number of nitrogen functional groups attached to an aromatic ring is 1. The molecule has 192 valence electrons. The third-order valence-electron chi connectivity index (χ3n) is 6.67. The van der Waals surface area contributed by atoms with E-state index in [0.29, 0.717) is 29.4 Å². The van der Waals surface area contributed by atoms with Gasteiger partial charge in [0.2, 0.25) is 0 Å². The first-order chi connectivity index (χ1) is 18.5. The van der Waals surface area contributed by atoms with Crippen LogP contribution in [0.25, 0.3) is 31.8 Å². The highest BCUT2D eigenvalue weighted by atomic mass is 32.1. The van der Waals surface area contributed by atoms with Crippen molar-refractivity contribution in [2.75, 3.05) is 23.7 Å². The maximum absolute atomic E-state index is 15.5. The quantitative estimate of drug-likeness (QED) is 0.350. The molecule has 9 nitrogen and oxygen atoms in total. The number of piperidine rings is 1. The standard InChI is InChI=1S/C27H25FN8OS/c1-35-15-22(33-34-35)16-4-5-19(21(28)11-16)27(37)36(18-3-2-8-30-14-18)26-20-13-24(38-23(20)7-10-32-26)17-6-9-31-25(29)12-17/h4-7,9-13,15,18,30H,2-3,8,14H2,1H3,(H2,29,31). The van der Waals surface area contributed by atoms with Crippen molar-refractivity contribution in [2.45, 2.75) is 18.9 Å². The number of thiophene rings is 1. The highest BCUT2D eigenvalue weighted by Gasteiger charge is 2.32. The van der Waals surface area contributed by atoms with Crippen LogP contribution in [-0.4, -0.2) is 50.0 Å². The zero-order chi connectivity index (χ0) is 26.2. The first-order valence-electron chi connectivity index (χ1n) is 12.3. The van der Waals surface area contributed by atoms with Gasteiger partial charge in [0.05, 0.1) is 17.8 Å². The number of pyridine rings is 2. The number of aryl methyl sites for hydroxylation is 1. The predicted molar refractivity (Wildman–Crippen MR) is 146 cm³/mol. The van der Waals surface area contributed by atoms with Crippen molar-refractivity contribution in [3.63, 3.8) is 0 Å². The van der Waals surface area contributed by atoms with E-state index >= 15 is 4.39 Å². The van der Waals surface area contributed by atoms with E-state index in [1.807, 2.05) is 24.3 Å². The minimum absolute atomic E-state index is 0.0145. The Morgan fingerprint density at radius 3 is 2.76 bits per heavy atom. The molecule has 0 spiro atoms. The molecule has 6 rings (SSSR count). The molecule has 1 amide bonds. The first kappa shape index (κ1) is 24.1. The number of fused-ring (bicyclic) bond motifs is 1. The Labute approximate surface area is 222 Å². The minimum Gasteiger partial charge on any atom is -0.384 e. The topological polar surface area (TPSA) is 115 Å². The van der Waals surface area contributed by atoms with E-state index in [4.69, 9.17) is 5.73 Å².